The summed E-state index contributed by atoms with van der Waals surface area (Å²) in [6.07, 6.45) is -0.622. The van der Waals surface area contributed by atoms with Gasteiger partial charge >= 0.3 is 6.18 Å². The molecule has 1 rings (SSSR count). The summed E-state index contributed by atoms with van der Waals surface area (Å²) in [5, 5.41) is 2.55. The van der Waals surface area contributed by atoms with E-state index in [1.54, 1.807) is 6.92 Å². The lowest BCUT2D eigenvalue weighted by molar-refractivity contribution is -0.138. The first-order valence-electron chi connectivity index (χ1n) is 7.82. The Kier molecular flexibility index (Phi) is 9.54. The van der Waals surface area contributed by atoms with E-state index in [9.17, 15) is 18.0 Å². The largest absolute Gasteiger partial charge is 0.417 e. The Morgan fingerprint density at radius 3 is 2.32 bits per heavy atom. The average molecular weight is 317 g/mol. The summed E-state index contributed by atoms with van der Waals surface area (Å²) in [7, 11) is 0. The van der Waals surface area contributed by atoms with Gasteiger partial charge in [0.1, 0.15) is 0 Å². The SMILES string of the molecule is CC.CCCCCCNC(=O)c1ccc(C)cc1C(F)(F)F. The Morgan fingerprint density at radius 1 is 1.14 bits per heavy atom. The van der Waals surface area contributed by atoms with Crippen molar-refractivity contribution in [2.45, 2.75) is 59.6 Å². The number of carbonyl (C=O) groups excluding carboxylic acids is 1. The van der Waals surface area contributed by atoms with Gasteiger partial charge in [-0.15, -0.1) is 0 Å². The second kappa shape index (κ2) is 10.2. The second-order valence-electron chi connectivity index (χ2n) is 4.86. The molecule has 0 radical (unpaired) electrons. The number of amides is 1. The van der Waals surface area contributed by atoms with Crippen molar-refractivity contribution < 1.29 is 18.0 Å². The van der Waals surface area contributed by atoms with E-state index in [0.717, 1.165) is 31.7 Å². The molecule has 0 atom stereocenters. The fourth-order valence-electron chi connectivity index (χ4n) is 1.94. The zero-order valence-electron chi connectivity index (χ0n) is 13.8. The van der Waals surface area contributed by atoms with Crippen LogP contribution in [-0.4, -0.2) is 12.5 Å². The van der Waals surface area contributed by atoms with Crippen LogP contribution in [-0.2, 0) is 6.18 Å². The number of carbonyl (C=O) groups is 1. The summed E-state index contributed by atoms with van der Waals surface area (Å²) < 4.78 is 38.7. The second-order valence-corrected chi connectivity index (χ2v) is 4.86. The summed E-state index contributed by atoms with van der Waals surface area (Å²) in [4.78, 5) is 11.8. The highest BCUT2D eigenvalue weighted by Gasteiger charge is 2.35. The fraction of sp³-hybridized carbons (Fsp3) is 0.588. The van der Waals surface area contributed by atoms with Crippen molar-refractivity contribution in [2.75, 3.05) is 6.54 Å². The summed E-state index contributed by atoms with van der Waals surface area (Å²) in [5.41, 5.74) is -0.695. The predicted octanol–water partition coefficient (Wildman–Crippen LogP) is 5.35. The molecule has 0 aliphatic rings. The third kappa shape index (κ3) is 6.96. The number of hydrogen-bond acceptors (Lipinski definition) is 1. The lowest BCUT2D eigenvalue weighted by Crippen LogP contribution is -2.27. The number of unbranched alkanes of at least 4 members (excludes halogenated alkanes) is 3. The topological polar surface area (TPSA) is 29.1 Å². The van der Waals surface area contributed by atoms with E-state index in [1.807, 2.05) is 13.8 Å². The van der Waals surface area contributed by atoms with Crippen LogP contribution in [0.3, 0.4) is 0 Å². The summed E-state index contributed by atoms with van der Waals surface area (Å²) in [5.74, 6) is -0.658. The molecular weight excluding hydrogens is 291 g/mol. The van der Waals surface area contributed by atoms with Crippen molar-refractivity contribution >= 4 is 5.91 Å². The van der Waals surface area contributed by atoms with Crippen LogP contribution < -0.4 is 5.32 Å². The molecule has 22 heavy (non-hydrogen) atoms. The van der Waals surface area contributed by atoms with Crippen molar-refractivity contribution in [2.24, 2.45) is 0 Å². The molecule has 0 saturated carbocycles. The normalized spacial score (nSPS) is 10.7. The van der Waals surface area contributed by atoms with Crippen molar-refractivity contribution in [3.05, 3.63) is 34.9 Å². The van der Waals surface area contributed by atoms with Crippen LogP contribution in [0.4, 0.5) is 13.2 Å². The molecule has 0 bridgehead atoms. The molecule has 1 aromatic carbocycles. The number of aryl methyl sites for hydroxylation is 1. The average Bonchev–Trinajstić information content (AvgIpc) is 2.48. The maximum atomic E-state index is 12.9. The van der Waals surface area contributed by atoms with Crippen molar-refractivity contribution in [1.82, 2.24) is 5.32 Å². The van der Waals surface area contributed by atoms with Gasteiger partial charge in [0.15, 0.2) is 0 Å². The molecule has 2 nitrogen and oxygen atoms in total. The highest BCUT2D eigenvalue weighted by Crippen LogP contribution is 2.32. The quantitative estimate of drug-likeness (QED) is 0.704. The molecule has 1 amide bonds. The smallest absolute Gasteiger partial charge is 0.352 e. The molecule has 0 aliphatic heterocycles. The van der Waals surface area contributed by atoms with Crippen LogP contribution in [0.25, 0.3) is 0 Å². The molecule has 1 aromatic rings. The maximum Gasteiger partial charge on any atom is 0.417 e. The summed E-state index contributed by atoms with van der Waals surface area (Å²) in [6.45, 7) is 8.05. The first kappa shape index (κ1) is 20.5. The van der Waals surface area contributed by atoms with Gasteiger partial charge in [0.25, 0.3) is 5.91 Å². The van der Waals surface area contributed by atoms with E-state index in [4.69, 9.17) is 0 Å². The van der Waals surface area contributed by atoms with Gasteiger partial charge in [-0.05, 0) is 25.5 Å². The van der Waals surface area contributed by atoms with Crippen molar-refractivity contribution in [1.29, 1.82) is 0 Å². The lowest BCUT2D eigenvalue weighted by atomic mass is 10.0. The van der Waals surface area contributed by atoms with E-state index in [2.05, 4.69) is 12.2 Å². The van der Waals surface area contributed by atoms with Gasteiger partial charge in [0.2, 0.25) is 0 Å². The summed E-state index contributed by atoms with van der Waals surface area (Å²) >= 11 is 0. The Hall–Kier alpha value is -1.52. The molecule has 1 N–H and O–H groups in total. The van der Waals surface area contributed by atoms with Crippen LogP contribution >= 0.6 is 0 Å². The fourth-order valence-corrected chi connectivity index (χ4v) is 1.94. The van der Waals surface area contributed by atoms with Gasteiger partial charge in [-0.25, -0.2) is 0 Å². The van der Waals surface area contributed by atoms with Gasteiger partial charge in [0.05, 0.1) is 11.1 Å². The van der Waals surface area contributed by atoms with Crippen LogP contribution in [0, 0.1) is 6.92 Å². The first-order chi connectivity index (χ1) is 10.4. The van der Waals surface area contributed by atoms with E-state index in [-0.39, 0.29) is 5.56 Å². The Bertz CT molecular complexity index is 456. The van der Waals surface area contributed by atoms with Crippen molar-refractivity contribution in [3.8, 4) is 0 Å². The summed E-state index contributed by atoms with van der Waals surface area (Å²) in [6, 6.07) is 3.76. The maximum absolute atomic E-state index is 12.9. The van der Waals surface area contributed by atoms with Gasteiger partial charge in [-0.2, -0.15) is 13.2 Å². The zero-order chi connectivity index (χ0) is 17.2. The number of nitrogens with one attached hydrogen (secondary N) is 1. The number of halogens is 3. The van der Waals surface area contributed by atoms with Crippen molar-refractivity contribution in [3.63, 3.8) is 0 Å². The molecular formula is C17H26F3NO. The Balaban J connectivity index is 0.00000211. The van der Waals surface area contributed by atoms with Crippen LogP contribution in [0.1, 0.15) is 67.9 Å². The minimum Gasteiger partial charge on any atom is -0.352 e. The highest BCUT2D eigenvalue weighted by atomic mass is 19.4. The standard InChI is InChI=1S/C15H20F3NO.C2H6/c1-3-4-5-6-9-19-14(20)12-8-7-11(2)10-13(12)15(16,17)18;1-2/h7-8,10H,3-6,9H2,1-2H3,(H,19,20);1-2H3. The highest BCUT2D eigenvalue weighted by molar-refractivity contribution is 5.95. The minimum absolute atomic E-state index is 0.307. The number of hydrogen-bond donors (Lipinski definition) is 1. The van der Waals surface area contributed by atoms with E-state index < -0.39 is 17.6 Å². The van der Waals surface area contributed by atoms with Gasteiger partial charge in [-0.1, -0.05) is 51.7 Å². The number of benzene rings is 1. The minimum atomic E-state index is -4.51. The molecule has 0 fully saturated rings. The molecule has 0 aliphatic carbocycles. The first-order valence-corrected chi connectivity index (χ1v) is 7.82. The third-order valence-electron chi connectivity index (χ3n) is 3.04. The molecule has 0 spiro atoms. The molecule has 5 heteroatoms. The molecule has 0 heterocycles. The zero-order valence-corrected chi connectivity index (χ0v) is 13.8. The van der Waals surface area contributed by atoms with Gasteiger partial charge in [-0.3, -0.25) is 4.79 Å². The van der Waals surface area contributed by atoms with Gasteiger partial charge < -0.3 is 5.32 Å². The van der Waals surface area contributed by atoms with Crippen LogP contribution in [0.15, 0.2) is 18.2 Å². The molecule has 0 aromatic heterocycles. The Morgan fingerprint density at radius 2 is 1.77 bits per heavy atom. The van der Waals surface area contributed by atoms with E-state index in [1.165, 1.54) is 12.1 Å². The predicted molar refractivity (Wildman–Crippen MR) is 84.0 cm³/mol. The van der Waals surface area contributed by atoms with Crippen LogP contribution in [0.2, 0.25) is 0 Å². The van der Waals surface area contributed by atoms with Gasteiger partial charge in [0, 0.05) is 6.54 Å². The molecule has 0 unspecified atom stereocenters. The lowest BCUT2D eigenvalue weighted by Gasteiger charge is -2.13. The molecule has 126 valence electrons. The van der Waals surface area contributed by atoms with E-state index >= 15 is 0 Å². The molecule has 0 saturated heterocycles. The Labute approximate surface area is 131 Å². The number of alkyl halides is 3. The van der Waals surface area contributed by atoms with E-state index in [0.29, 0.717) is 12.1 Å². The monoisotopic (exact) mass is 317 g/mol. The number of rotatable bonds is 6. The van der Waals surface area contributed by atoms with Crippen LogP contribution in [0.5, 0.6) is 0 Å². The third-order valence-corrected chi connectivity index (χ3v) is 3.04.